The van der Waals surface area contributed by atoms with Gasteiger partial charge in [0.05, 0.1) is 13.2 Å². The molecular formula is C22H26N4O5. The Bertz CT molecular complexity index is 909. The van der Waals surface area contributed by atoms with Gasteiger partial charge >= 0.3 is 0 Å². The molecule has 9 heteroatoms. The highest BCUT2D eigenvalue weighted by Gasteiger charge is 2.20. The van der Waals surface area contributed by atoms with Crippen LogP contribution in [0, 0.1) is 0 Å². The van der Waals surface area contributed by atoms with Crippen molar-refractivity contribution in [2.45, 2.75) is 12.6 Å². The number of ether oxygens (including phenoxy) is 1. The third-order valence-corrected chi connectivity index (χ3v) is 5.10. The number of carbonyl (C=O) groups excluding carboxylic acids is 3. The van der Waals surface area contributed by atoms with Gasteiger partial charge in [-0.25, -0.2) is 5.48 Å². The number of nitrogens with zero attached hydrogens (tertiary/aromatic N) is 1. The summed E-state index contributed by atoms with van der Waals surface area (Å²) in [6.45, 7) is 3.93. The molecule has 5 N–H and O–H groups in total. The van der Waals surface area contributed by atoms with Gasteiger partial charge in [-0.05, 0) is 17.7 Å². The molecule has 31 heavy (non-hydrogen) atoms. The van der Waals surface area contributed by atoms with Gasteiger partial charge in [-0.3, -0.25) is 24.5 Å². The summed E-state index contributed by atoms with van der Waals surface area (Å²) < 4.78 is 5.36. The second-order valence-corrected chi connectivity index (χ2v) is 7.23. The van der Waals surface area contributed by atoms with Crippen LogP contribution >= 0.6 is 0 Å². The number of benzene rings is 2. The molecule has 2 aromatic carbocycles. The number of ketones is 1. The normalized spacial score (nSPS) is 15.2. The minimum absolute atomic E-state index is 0.149. The Hall–Kier alpha value is -3.11. The zero-order chi connectivity index (χ0) is 22.2. The quantitative estimate of drug-likeness (QED) is 0.271. The van der Waals surface area contributed by atoms with Crippen LogP contribution in [-0.4, -0.2) is 66.6 Å². The van der Waals surface area contributed by atoms with E-state index in [1.165, 1.54) is 17.6 Å². The van der Waals surface area contributed by atoms with Gasteiger partial charge in [-0.15, -0.1) is 0 Å². The Balaban J connectivity index is 1.61. The predicted molar refractivity (Wildman–Crippen MR) is 113 cm³/mol. The molecule has 3 rings (SSSR count). The summed E-state index contributed by atoms with van der Waals surface area (Å²) in [7, 11) is 0. The van der Waals surface area contributed by atoms with Gasteiger partial charge in [0.25, 0.3) is 11.8 Å². The molecule has 164 valence electrons. The van der Waals surface area contributed by atoms with E-state index in [0.717, 1.165) is 38.4 Å². The first-order chi connectivity index (χ1) is 15.0. The summed E-state index contributed by atoms with van der Waals surface area (Å²) in [6, 6.07) is 12.6. The average Bonchev–Trinajstić information content (AvgIpc) is 2.82. The molecule has 0 spiro atoms. The van der Waals surface area contributed by atoms with E-state index < -0.39 is 17.9 Å². The van der Waals surface area contributed by atoms with Crippen LogP contribution in [0.3, 0.4) is 0 Å². The molecule has 1 fully saturated rings. The largest absolute Gasteiger partial charge is 0.379 e. The third kappa shape index (κ3) is 5.96. The molecule has 0 saturated carbocycles. The molecular weight excluding hydrogens is 400 g/mol. The van der Waals surface area contributed by atoms with Gasteiger partial charge in [0, 0.05) is 42.9 Å². The standard InChI is InChI=1S/C22H26N4O5/c23-13-19(22(29)25-30)24-21(28)18-7-5-17(6-8-18)20(27)16-3-1-15(2-4-16)14-26-9-11-31-12-10-26/h1-8,19,30H,9-14,23H2,(H,24,28)(H,25,29). The van der Waals surface area contributed by atoms with Crippen molar-refractivity contribution < 1.29 is 24.3 Å². The number of hydrogen-bond donors (Lipinski definition) is 4. The Morgan fingerprint density at radius 1 is 0.968 bits per heavy atom. The first-order valence-corrected chi connectivity index (χ1v) is 10.0. The fraction of sp³-hybridized carbons (Fsp3) is 0.318. The van der Waals surface area contributed by atoms with Crippen molar-refractivity contribution in [3.8, 4) is 0 Å². The number of amides is 2. The fourth-order valence-corrected chi connectivity index (χ4v) is 3.27. The molecule has 9 nitrogen and oxygen atoms in total. The topological polar surface area (TPSA) is 134 Å². The van der Waals surface area contributed by atoms with Crippen LogP contribution in [0.1, 0.15) is 31.8 Å². The van der Waals surface area contributed by atoms with Crippen LogP contribution in [0.5, 0.6) is 0 Å². The Kier molecular flexibility index (Phi) is 7.85. The molecule has 1 heterocycles. The summed E-state index contributed by atoms with van der Waals surface area (Å²) in [5.41, 5.74) is 9.29. The predicted octanol–water partition coefficient (Wildman–Crippen LogP) is 0.312. The van der Waals surface area contributed by atoms with Gasteiger partial charge in [0.2, 0.25) is 0 Å². The lowest BCUT2D eigenvalue weighted by Crippen LogP contribution is -2.50. The zero-order valence-electron chi connectivity index (χ0n) is 17.0. The smallest absolute Gasteiger partial charge is 0.267 e. The van der Waals surface area contributed by atoms with Crippen molar-refractivity contribution in [1.29, 1.82) is 0 Å². The summed E-state index contributed by atoms with van der Waals surface area (Å²) in [5, 5.41) is 11.1. The van der Waals surface area contributed by atoms with Crippen molar-refractivity contribution in [1.82, 2.24) is 15.7 Å². The van der Waals surface area contributed by atoms with E-state index >= 15 is 0 Å². The number of hydrogen-bond acceptors (Lipinski definition) is 7. The van der Waals surface area contributed by atoms with E-state index in [0.29, 0.717) is 11.1 Å². The maximum atomic E-state index is 12.8. The number of rotatable bonds is 8. The molecule has 0 radical (unpaired) electrons. The minimum Gasteiger partial charge on any atom is -0.379 e. The number of carbonyl (C=O) groups is 3. The monoisotopic (exact) mass is 426 g/mol. The number of nitrogens with two attached hydrogens (primary N) is 1. The van der Waals surface area contributed by atoms with Gasteiger partial charge in [-0.1, -0.05) is 36.4 Å². The lowest BCUT2D eigenvalue weighted by atomic mass is 10.0. The molecule has 1 aliphatic heterocycles. The van der Waals surface area contributed by atoms with E-state index in [4.69, 9.17) is 15.7 Å². The molecule has 1 saturated heterocycles. The molecule has 1 aliphatic rings. The summed E-state index contributed by atoms with van der Waals surface area (Å²) in [6.07, 6.45) is 0. The minimum atomic E-state index is -1.06. The number of morpholine rings is 1. The van der Waals surface area contributed by atoms with E-state index in [9.17, 15) is 14.4 Å². The highest BCUT2D eigenvalue weighted by atomic mass is 16.5. The van der Waals surface area contributed by atoms with Crippen molar-refractivity contribution in [3.63, 3.8) is 0 Å². The molecule has 1 unspecified atom stereocenters. The van der Waals surface area contributed by atoms with Crippen LogP contribution in [0.25, 0.3) is 0 Å². The highest BCUT2D eigenvalue weighted by molar-refractivity contribution is 6.09. The number of nitrogens with one attached hydrogen (secondary N) is 2. The van der Waals surface area contributed by atoms with E-state index in [-0.39, 0.29) is 17.9 Å². The van der Waals surface area contributed by atoms with Crippen LogP contribution in [0.15, 0.2) is 48.5 Å². The van der Waals surface area contributed by atoms with Crippen LogP contribution < -0.4 is 16.5 Å². The van der Waals surface area contributed by atoms with Gasteiger partial charge in [0.15, 0.2) is 5.78 Å². The summed E-state index contributed by atoms with van der Waals surface area (Å²) in [5.74, 6) is -1.49. The lowest BCUT2D eigenvalue weighted by molar-refractivity contribution is -0.130. The van der Waals surface area contributed by atoms with E-state index in [2.05, 4.69) is 10.2 Å². The molecule has 0 bridgehead atoms. The van der Waals surface area contributed by atoms with Gasteiger partial charge in [0.1, 0.15) is 6.04 Å². The number of hydroxylamine groups is 1. The first-order valence-electron chi connectivity index (χ1n) is 10.0. The first kappa shape index (κ1) is 22.6. The molecule has 0 aliphatic carbocycles. The van der Waals surface area contributed by atoms with Gasteiger partial charge < -0.3 is 15.8 Å². The molecule has 2 aromatic rings. The molecule has 2 amide bonds. The van der Waals surface area contributed by atoms with Crippen molar-refractivity contribution in [2.75, 3.05) is 32.8 Å². The summed E-state index contributed by atoms with van der Waals surface area (Å²) in [4.78, 5) is 38.8. The fourth-order valence-electron chi connectivity index (χ4n) is 3.27. The Labute approximate surface area is 180 Å². The molecule has 1 atom stereocenters. The van der Waals surface area contributed by atoms with Crippen LogP contribution in [0.4, 0.5) is 0 Å². The molecule has 0 aromatic heterocycles. The zero-order valence-corrected chi connectivity index (χ0v) is 17.0. The SMILES string of the molecule is NCC(NC(=O)c1ccc(C(=O)c2ccc(CN3CCOCC3)cc2)cc1)C(=O)NO. The van der Waals surface area contributed by atoms with Crippen molar-refractivity contribution in [2.24, 2.45) is 5.73 Å². The van der Waals surface area contributed by atoms with E-state index in [1.807, 2.05) is 12.1 Å². The second-order valence-electron chi connectivity index (χ2n) is 7.23. The van der Waals surface area contributed by atoms with Crippen molar-refractivity contribution >= 4 is 17.6 Å². The van der Waals surface area contributed by atoms with E-state index in [1.54, 1.807) is 24.3 Å². The van der Waals surface area contributed by atoms with Crippen molar-refractivity contribution in [3.05, 3.63) is 70.8 Å². The second kappa shape index (κ2) is 10.8. The Morgan fingerprint density at radius 2 is 1.52 bits per heavy atom. The summed E-state index contributed by atoms with van der Waals surface area (Å²) >= 11 is 0. The highest BCUT2D eigenvalue weighted by Crippen LogP contribution is 2.14. The average molecular weight is 426 g/mol. The maximum Gasteiger partial charge on any atom is 0.267 e. The van der Waals surface area contributed by atoms with Crippen LogP contribution in [0.2, 0.25) is 0 Å². The third-order valence-electron chi connectivity index (χ3n) is 5.10. The Morgan fingerprint density at radius 3 is 2.06 bits per heavy atom. The van der Waals surface area contributed by atoms with Crippen LogP contribution in [-0.2, 0) is 16.1 Å². The van der Waals surface area contributed by atoms with Gasteiger partial charge in [-0.2, -0.15) is 0 Å². The maximum absolute atomic E-state index is 12.8. The lowest BCUT2D eigenvalue weighted by Gasteiger charge is -2.26.